The molecule has 4 rings (SSSR count). The average Bonchev–Trinajstić information content (AvgIpc) is 2.96. The normalized spacial score (nSPS) is 15.4. The Bertz CT molecular complexity index is 1100. The van der Waals surface area contributed by atoms with Crippen LogP contribution >= 0.6 is 15.9 Å². The molecule has 3 aromatic rings. The Morgan fingerprint density at radius 2 is 1.94 bits per heavy atom. The molecule has 1 aliphatic heterocycles. The number of para-hydroxylation sites is 2. The van der Waals surface area contributed by atoms with Crippen LogP contribution in [0.15, 0.2) is 71.5 Å². The molecule has 0 spiro atoms. The molecule has 1 atom stereocenters. The summed E-state index contributed by atoms with van der Waals surface area (Å²) < 4.78 is 6.01. The second-order valence-electron chi connectivity index (χ2n) is 7.43. The van der Waals surface area contributed by atoms with Crippen LogP contribution < -0.4 is 10.2 Å². The zero-order valence-corrected chi connectivity index (χ0v) is 18.6. The largest absolute Gasteiger partial charge is 0.457 e. The number of ether oxygens (including phenoxy) is 1. The number of esters is 1. The van der Waals surface area contributed by atoms with Crippen molar-refractivity contribution >= 4 is 39.2 Å². The fraction of sp³-hybridized carbons (Fsp3) is 0.208. The first-order chi connectivity index (χ1) is 15.0. The third kappa shape index (κ3) is 4.77. The van der Waals surface area contributed by atoms with E-state index in [1.54, 1.807) is 47.6 Å². The molecule has 0 saturated carbocycles. The van der Waals surface area contributed by atoms with Crippen molar-refractivity contribution < 1.29 is 14.3 Å². The molecule has 0 saturated heterocycles. The van der Waals surface area contributed by atoms with E-state index < -0.39 is 5.97 Å². The molecule has 0 radical (unpaired) electrons. The third-order valence-corrected chi connectivity index (χ3v) is 5.87. The second kappa shape index (κ2) is 9.31. The maximum absolute atomic E-state index is 13.4. The van der Waals surface area contributed by atoms with Crippen molar-refractivity contribution in [2.75, 3.05) is 16.8 Å². The van der Waals surface area contributed by atoms with E-state index in [9.17, 15) is 9.59 Å². The van der Waals surface area contributed by atoms with Gasteiger partial charge in [0.15, 0.2) is 0 Å². The number of rotatable bonds is 4. The Kier molecular flexibility index (Phi) is 6.32. The maximum Gasteiger partial charge on any atom is 0.339 e. The summed E-state index contributed by atoms with van der Waals surface area (Å²) in [5.41, 5.74) is 3.35. The standard InChI is InChI=1S/C24H22BrN3O3/c1-16-10-13-28(22-5-3-2-4-21(22)27-16)23(29)18-6-7-20(25)19(14-18)24(30)31-15-17-8-11-26-12-9-17/h2-9,11-12,14,16,27H,10,13,15H2,1H3/t16-/m0/s1. The van der Waals surface area contributed by atoms with E-state index in [0.717, 1.165) is 23.4 Å². The van der Waals surface area contributed by atoms with Crippen molar-refractivity contribution in [2.24, 2.45) is 0 Å². The van der Waals surface area contributed by atoms with E-state index in [1.165, 1.54) is 0 Å². The van der Waals surface area contributed by atoms with Crippen LogP contribution in [0.2, 0.25) is 0 Å². The molecular weight excluding hydrogens is 458 g/mol. The van der Waals surface area contributed by atoms with E-state index in [4.69, 9.17) is 4.74 Å². The minimum absolute atomic E-state index is 0.134. The summed E-state index contributed by atoms with van der Waals surface area (Å²) in [7, 11) is 0. The summed E-state index contributed by atoms with van der Waals surface area (Å²) in [4.78, 5) is 31.8. The Labute approximate surface area is 189 Å². The van der Waals surface area contributed by atoms with Gasteiger partial charge in [0.2, 0.25) is 0 Å². The Hall–Kier alpha value is -3.19. The van der Waals surface area contributed by atoms with Gasteiger partial charge >= 0.3 is 5.97 Å². The van der Waals surface area contributed by atoms with Gasteiger partial charge in [-0.05, 0) is 77.3 Å². The zero-order valence-electron chi connectivity index (χ0n) is 17.0. The quantitative estimate of drug-likeness (QED) is 0.529. The third-order valence-electron chi connectivity index (χ3n) is 5.18. The SMILES string of the molecule is C[C@H]1CCN(C(=O)c2ccc(Br)c(C(=O)OCc3ccncc3)c2)c2ccccc2N1. The van der Waals surface area contributed by atoms with Crippen molar-refractivity contribution in [3.63, 3.8) is 0 Å². The molecule has 0 fully saturated rings. The van der Waals surface area contributed by atoms with Gasteiger partial charge in [0, 0.05) is 35.0 Å². The molecule has 0 aliphatic carbocycles. The molecule has 2 aromatic carbocycles. The molecule has 31 heavy (non-hydrogen) atoms. The lowest BCUT2D eigenvalue weighted by Gasteiger charge is -2.22. The summed E-state index contributed by atoms with van der Waals surface area (Å²) in [5.74, 6) is -0.649. The number of anilines is 2. The number of carbonyl (C=O) groups is 2. The highest BCUT2D eigenvalue weighted by Gasteiger charge is 2.25. The van der Waals surface area contributed by atoms with Crippen molar-refractivity contribution in [3.05, 3.63) is 88.2 Å². The molecule has 7 heteroatoms. The zero-order chi connectivity index (χ0) is 21.8. The van der Waals surface area contributed by atoms with E-state index in [1.807, 2.05) is 24.3 Å². The summed E-state index contributed by atoms with van der Waals surface area (Å²) in [5, 5.41) is 3.45. The number of nitrogens with zero attached hydrogens (tertiary/aromatic N) is 2. The first-order valence-corrected chi connectivity index (χ1v) is 10.9. The molecule has 1 amide bonds. The van der Waals surface area contributed by atoms with Gasteiger partial charge in [0.05, 0.1) is 16.9 Å². The molecule has 1 N–H and O–H groups in total. The van der Waals surface area contributed by atoms with Crippen LogP contribution in [-0.4, -0.2) is 29.4 Å². The molecule has 158 valence electrons. The summed E-state index contributed by atoms with van der Waals surface area (Å²) in [6, 6.07) is 16.6. The van der Waals surface area contributed by atoms with Gasteiger partial charge in [-0.1, -0.05) is 12.1 Å². The van der Waals surface area contributed by atoms with Crippen LogP contribution in [0.25, 0.3) is 0 Å². The van der Waals surface area contributed by atoms with Crippen LogP contribution in [0.1, 0.15) is 39.6 Å². The number of nitrogens with one attached hydrogen (secondary N) is 1. The Balaban J connectivity index is 1.58. The van der Waals surface area contributed by atoms with E-state index in [2.05, 4.69) is 33.2 Å². The average molecular weight is 480 g/mol. The minimum atomic E-state index is -0.495. The number of hydrogen-bond acceptors (Lipinski definition) is 5. The van der Waals surface area contributed by atoms with Gasteiger partial charge in [-0.15, -0.1) is 0 Å². The highest BCUT2D eigenvalue weighted by molar-refractivity contribution is 9.10. The highest BCUT2D eigenvalue weighted by atomic mass is 79.9. The van der Waals surface area contributed by atoms with Gasteiger partial charge in [-0.3, -0.25) is 9.78 Å². The fourth-order valence-electron chi connectivity index (χ4n) is 3.50. The number of hydrogen-bond donors (Lipinski definition) is 1. The number of halogens is 1. The number of pyridine rings is 1. The van der Waals surface area contributed by atoms with Gasteiger partial charge < -0.3 is 15.0 Å². The van der Waals surface area contributed by atoms with Crippen molar-refractivity contribution in [2.45, 2.75) is 26.0 Å². The molecule has 1 aromatic heterocycles. The van der Waals surface area contributed by atoms with Crippen LogP contribution in [0.5, 0.6) is 0 Å². The van der Waals surface area contributed by atoms with Crippen LogP contribution in [0.4, 0.5) is 11.4 Å². The number of aromatic nitrogens is 1. The minimum Gasteiger partial charge on any atom is -0.457 e. The Morgan fingerprint density at radius 3 is 2.74 bits per heavy atom. The lowest BCUT2D eigenvalue weighted by molar-refractivity contribution is 0.0471. The summed E-state index contributed by atoms with van der Waals surface area (Å²) in [6.07, 6.45) is 4.11. The molecule has 0 unspecified atom stereocenters. The molecule has 2 heterocycles. The summed E-state index contributed by atoms with van der Waals surface area (Å²) in [6.45, 7) is 2.82. The molecule has 0 bridgehead atoms. The lowest BCUT2D eigenvalue weighted by atomic mass is 10.1. The van der Waals surface area contributed by atoms with Crippen molar-refractivity contribution in [1.29, 1.82) is 0 Å². The van der Waals surface area contributed by atoms with Crippen molar-refractivity contribution in [3.8, 4) is 0 Å². The predicted molar refractivity (Wildman–Crippen MR) is 123 cm³/mol. The van der Waals surface area contributed by atoms with Crippen molar-refractivity contribution in [1.82, 2.24) is 4.98 Å². The highest BCUT2D eigenvalue weighted by Crippen LogP contribution is 2.31. The Morgan fingerprint density at radius 1 is 1.16 bits per heavy atom. The monoisotopic (exact) mass is 479 g/mol. The van der Waals surface area contributed by atoms with E-state index >= 15 is 0 Å². The van der Waals surface area contributed by atoms with Crippen LogP contribution in [0, 0.1) is 0 Å². The van der Waals surface area contributed by atoms with Crippen LogP contribution in [-0.2, 0) is 11.3 Å². The fourth-order valence-corrected chi connectivity index (χ4v) is 3.91. The lowest BCUT2D eigenvalue weighted by Crippen LogP contribution is -2.32. The topological polar surface area (TPSA) is 71.5 Å². The second-order valence-corrected chi connectivity index (χ2v) is 8.29. The van der Waals surface area contributed by atoms with E-state index in [0.29, 0.717) is 22.1 Å². The number of fused-ring (bicyclic) bond motifs is 1. The van der Waals surface area contributed by atoms with Gasteiger partial charge in [0.1, 0.15) is 6.61 Å². The molecule has 1 aliphatic rings. The van der Waals surface area contributed by atoms with Crippen LogP contribution in [0.3, 0.4) is 0 Å². The maximum atomic E-state index is 13.4. The van der Waals surface area contributed by atoms with Gasteiger partial charge in [-0.2, -0.15) is 0 Å². The van der Waals surface area contributed by atoms with Gasteiger partial charge in [0.25, 0.3) is 5.91 Å². The number of amides is 1. The molecular formula is C24H22BrN3O3. The smallest absolute Gasteiger partial charge is 0.339 e. The predicted octanol–water partition coefficient (Wildman–Crippen LogP) is 5.05. The summed E-state index contributed by atoms with van der Waals surface area (Å²) >= 11 is 3.40. The molecule has 6 nitrogen and oxygen atoms in total. The number of benzene rings is 2. The van der Waals surface area contributed by atoms with E-state index in [-0.39, 0.29) is 18.6 Å². The number of carbonyl (C=O) groups excluding carboxylic acids is 2. The van der Waals surface area contributed by atoms with Gasteiger partial charge in [-0.25, -0.2) is 4.79 Å². The first-order valence-electron chi connectivity index (χ1n) is 10.1. The first kappa shape index (κ1) is 21.1.